The van der Waals surface area contributed by atoms with Gasteiger partial charge in [0.05, 0.1) is 18.1 Å². The van der Waals surface area contributed by atoms with Crippen molar-refractivity contribution in [1.82, 2.24) is 10.2 Å². The molecule has 0 spiro atoms. The van der Waals surface area contributed by atoms with Crippen molar-refractivity contribution in [3.05, 3.63) is 0 Å². The van der Waals surface area contributed by atoms with Gasteiger partial charge in [-0.05, 0) is 12.8 Å². The Kier molecular flexibility index (Phi) is 4.04. The van der Waals surface area contributed by atoms with Crippen LogP contribution in [0.4, 0.5) is 0 Å². The molecular weight excluding hydrogens is 240 g/mol. The van der Waals surface area contributed by atoms with E-state index in [4.69, 9.17) is 0 Å². The Morgan fingerprint density at radius 1 is 1.18 bits per heavy atom. The molecule has 1 aliphatic carbocycles. The number of hydrogen-bond acceptors (Lipinski definition) is 4. The average molecular weight is 260 g/mol. The van der Waals surface area contributed by atoms with Gasteiger partial charge in [-0.3, -0.25) is 4.79 Å². The number of carbonyl (C=O) groups is 1. The Bertz CT molecular complexity index is 360. The average Bonchev–Trinajstić information content (AvgIpc) is 2.78. The fourth-order valence-corrected chi connectivity index (χ4v) is 3.64. The normalized spacial score (nSPS) is 25.1. The van der Waals surface area contributed by atoms with Crippen molar-refractivity contribution in [2.75, 3.05) is 31.1 Å². The lowest BCUT2D eigenvalue weighted by Gasteiger charge is -2.27. The smallest absolute Gasteiger partial charge is 0.236 e. The van der Waals surface area contributed by atoms with E-state index in [0.29, 0.717) is 25.7 Å². The second kappa shape index (κ2) is 5.35. The minimum Gasteiger partial charge on any atom is -0.340 e. The van der Waals surface area contributed by atoms with E-state index in [0.717, 1.165) is 12.8 Å². The summed E-state index contributed by atoms with van der Waals surface area (Å²) >= 11 is 0. The van der Waals surface area contributed by atoms with E-state index in [1.807, 2.05) is 0 Å². The summed E-state index contributed by atoms with van der Waals surface area (Å²) in [4.78, 5) is 13.5. The molecule has 0 radical (unpaired) electrons. The van der Waals surface area contributed by atoms with Crippen LogP contribution in [-0.2, 0) is 14.6 Å². The first kappa shape index (κ1) is 12.8. The maximum atomic E-state index is 11.8. The van der Waals surface area contributed by atoms with Gasteiger partial charge in [-0.2, -0.15) is 0 Å². The Morgan fingerprint density at radius 3 is 2.35 bits per heavy atom. The van der Waals surface area contributed by atoms with Crippen LogP contribution in [0.1, 0.15) is 25.7 Å². The van der Waals surface area contributed by atoms with Crippen LogP contribution < -0.4 is 5.32 Å². The second-order valence-corrected chi connectivity index (χ2v) is 7.20. The maximum absolute atomic E-state index is 11.8. The van der Waals surface area contributed by atoms with Crippen molar-refractivity contribution >= 4 is 15.7 Å². The number of sulfone groups is 1. The monoisotopic (exact) mass is 260 g/mol. The molecule has 17 heavy (non-hydrogen) atoms. The lowest BCUT2D eigenvalue weighted by Crippen LogP contribution is -2.47. The largest absolute Gasteiger partial charge is 0.340 e. The molecule has 1 aliphatic heterocycles. The molecule has 2 fully saturated rings. The Labute approximate surface area is 102 Å². The van der Waals surface area contributed by atoms with Crippen LogP contribution in [0.5, 0.6) is 0 Å². The summed E-state index contributed by atoms with van der Waals surface area (Å²) in [5.41, 5.74) is 0. The molecule has 2 rings (SSSR count). The molecule has 0 aromatic rings. The van der Waals surface area contributed by atoms with Crippen LogP contribution in [0, 0.1) is 0 Å². The van der Waals surface area contributed by atoms with Crippen LogP contribution >= 0.6 is 0 Å². The van der Waals surface area contributed by atoms with E-state index in [9.17, 15) is 13.2 Å². The summed E-state index contributed by atoms with van der Waals surface area (Å²) in [6.07, 6.45) is 4.80. The van der Waals surface area contributed by atoms with Crippen molar-refractivity contribution in [2.45, 2.75) is 31.7 Å². The van der Waals surface area contributed by atoms with Crippen LogP contribution in [0.2, 0.25) is 0 Å². The summed E-state index contributed by atoms with van der Waals surface area (Å²) < 4.78 is 22.5. The molecule has 0 atom stereocenters. The fraction of sp³-hybridized carbons (Fsp3) is 0.909. The van der Waals surface area contributed by atoms with E-state index < -0.39 is 9.84 Å². The van der Waals surface area contributed by atoms with Crippen LogP contribution in [0.25, 0.3) is 0 Å². The van der Waals surface area contributed by atoms with Crippen molar-refractivity contribution in [3.63, 3.8) is 0 Å². The number of rotatable bonds is 3. The van der Waals surface area contributed by atoms with Gasteiger partial charge >= 0.3 is 0 Å². The first-order valence-electron chi connectivity index (χ1n) is 6.28. The molecule has 2 aliphatic rings. The SMILES string of the molecule is O=C(CNC1CCCC1)N1CCS(=O)(=O)CC1. The van der Waals surface area contributed by atoms with E-state index in [1.54, 1.807) is 4.90 Å². The van der Waals surface area contributed by atoms with Crippen molar-refractivity contribution < 1.29 is 13.2 Å². The third-order valence-electron chi connectivity index (χ3n) is 3.59. The molecule has 0 aromatic carbocycles. The Hall–Kier alpha value is -0.620. The standard InChI is InChI=1S/C11H20N2O3S/c14-11(9-12-10-3-1-2-4-10)13-5-7-17(15,16)8-6-13/h10,12H,1-9H2. The van der Waals surface area contributed by atoms with Gasteiger partial charge in [0.1, 0.15) is 0 Å². The predicted molar refractivity (Wildman–Crippen MR) is 65.5 cm³/mol. The zero-order valence-electron chi connectivity index (χ0n) is 10.0. The quantitative estimate of drug-likeness (QED) is 0.761. The van der Waals surface area contributed by atoms with Gasteiger partial charge in [0.25, 0.3) is 0 Å². The van der Waals surface area contributed by atoms with Crippen molar-refractivity contribution in [2.24, 2.45) is 0 Å². The number of carbonyl (C=O) groups excluding carboxylic acids is 1. The van der Waals surface area contributed by atoms with E-state index in [-0.39, 0.29) is 17.4 Å². The molecular formula is C11H20N2O3S. The molecule has 0 aromatic heterocycles. The molecule has 0 bridgehead atoms. The topological polar surface area (TPSA) is 66.5 Å². The summed E-state index contributed by atoms with van der Waals surface area (Å²) in [7, 11) is -2.89. The van der Waals surface area contributed by atoms with Crippen molar-refractivity contribution in [1.29, 1.82) is 0 Å². The molecule has 1 amide bonds. The highest BCUT2D eigenvalue weighted by atomic mass is 32.2. The van der Waals surface area contributed by atoms with Gasteiger partial charge in [0.15, 0.2) is 9.84 Å². The highest BCUT2D eigenvalue weighted by Gasteiger charge is 2.25. The molecule has 1 N–H and O–H groups in total. The molecule has 0 unspecified atom stereocenters. The summed E-state index contributed by atoms with van der Waals surface area (Å²) in [5, 5.41) is 3.26. The van der Waals surface area contributed by atoms with E-state index >= 15 is 0 Å². The first-order valence-corrected chi connectivity index (χ1v) is 8.10. The van der Waals surface area contributed by atoms with Gasteiger partial charge in [-0.25, -0.2) is 8.42 Å². The lowest BCUT2D eigenvalue weighted by atomic mass is 10.2. The molecule has 1 saturated heterocycles. The number of amides is 1. The van der Waals surface area contributed by atoms with Crippen LogP contribution in [-0.4, -0.2) is 56.4 Å². The fourth-order valence-electron chi connectivity index (χ4n) is 2.44. The molecule has 98 valence electrons. The molecule has 1 saturated carbocycles. The van der Waals surface area contributed by atoms with E-state index in [1.165, 1.54) is 12.8 Å². The van der Waals surface area contributed by atoms with Gasteiger partial charge < -0.3 is 10.2 Å². The molecule has 5 nitrogen and oxygen atoms in total. The van der Waals surface area contributed by atoms with Crippen LogP contribution in [0.3, 0.4) is 0 Å². The Morgan fingerprint density at radius 2 is 1.76 bits per heavy atom. The zero-order valence-corrected chi connectivity index (χ0v) is 10.8. The summed E-state index contributed by atoms with van der Waals surface area (Å²) in [6, 6.07) is 0.479. The minimum atomic E-state index is -2.89. The number of nitrogens with zero attached hydrogens (tertiary/aromatic N) is 1. The highest BCUT2D eigenvalue weighted by Crippen LogP contribution is 2.17. The van der Waals surface area contributed by atoms with Gasteiger partial charge in [-0.1, -0.05) is 12.8 Å². The van der Waals surface area contributed by atoms with Crippen LogP contribution in [0.15, 0.2) is 0 Å². The predicted octanol–water partition coefficient (Wildman–Crippen LogP) is -0.224. The van der Waals surface area contributed by atoms with Gasteiger partial charge in [0.2, 0.25) is 5.91 Å². The second-order valence-electron chi connectivity index (χ2n) is 4.89. The highest BCUT2D eigenvalue weighted by molar-refractivity contribution is 7.91. The third kappa shape index (κ3) is 3.67. The number of hydrogen-bond donors (Lipinski definition) is 1. The number of nitrogens with one attached hydrogen (secondary N) is 1. The summed E-state index contributed by atoms with van der Waals surface area (Å²) in [5.74, 6) is 0.261. The van der Waals surface area contributed by atoms with Crippen molar-refractivity contribution in [3.8, 4) is 0 Å². The minimum absolute atomic E-state index is 0.0341. The zero-order chi connectivity index (χ0) is 12.3. The van der Waals surface area contributed by atoms with Gasteiger partial charge in [0, 0.05) is 19.1 Å². The first-order chi connectivity index (χ1) is 8.07. The third-order valence-corrected chi connectivity index (χ3v) is 5.20. The van der Waals surface area contributed by atoms with Gasteiger partial charge in [-0.15, -0.1) is 0 Å². The van der Waals surface area contributed by atoms with E-state index in [2.05, 4.69) is 5.32 Å². The molecule has 1 heterocycles. The maximum Gasteiger partial charge on any atom is 0.236 e. The Balaban J connectivity index is 1.73. The molecule has 6 heteroatoms. The summed E-state index contributed by atoms with van der Waals surface area (Å²) in [6.45, 7) is 1.06. The lowest BCUT2D eigenvalue weighted by molar-refractivity contribution is -0.130.